The Bertz CT molecular complexity index is 1220. The molecule has 0 aliphatic heterocycles. The highest BCUT2D eigenvalue weighted by molar-refractivity contribution is 6.30. The summed E-state index contributed by atoms with van der Waals surface area (Å²) < 4.78 is 19.7. The number of hydrogen-bond acceptors (Lipinski definition) is 4. The lowest BCUT2D eigenvalue weighted by atomic mass is 10.1. The van der Waals surface area contributed by atoms with E-state index in [4.69, 9.17) is 30.8 Å². The van der Waals surface area contributed by atoms with Crippen molar-refractivity contribution in [3.8, 4) is 17.2 Å². The highest BCUT2D eigenvalue weighted by Crippen LogP contribution is 2.29. The van der Waals surface area contributed by atoms with E-state index in [1.165, 1.54) is 0 Å². The van der Waals surface area contributed by atoms with Gasteiger partial charge in [0.2, 0.25) is 0 Å². The van der Waals surface area contributed by atoms with Crippen molar-refractivity contribution in [2.75, 3.05) is 13.7 Å². The maximum absolute atomic E-state index is 6.13. The van der Waals surface area contributed by atoms with Crippen LogP contribution in [0.15, 0.2) is 79.4 Å². The lowest BCUT2D eigenvalue weighted by molar-refractivity contribution is 0.267. The number of hydrogen-bond donors (Lipinski definition) is 0. The van der Waals surface area contributed by atoms with Gasteiger partial charge in [-0.25, -0.2) is 4.98 Å². The molecule has 0 radical (unpaired) electrons. The molecule has 5 nitrogen and oxygen atoms in total. The van der Waals surface area contributed by atoms with Crippen molar-refractivity contribution in [3.05, 3.63) is 95.8 Å². The Balaban J connectivity index is 1.45. The first-order valence-corrected chi connectivity index (χ1v) is 11.3. The first kappa shape index (κ1) is 22.7. The van der Waals surface area contributed by atoms with Crippen molar-refractivity contribution in [2.45, 2.75) is 26.0 Å². The molecule has 0 aliphatic carbocycles. The first-order valence-electron chi connectivity index (χ1n) is 10.9. The Kier molecular flexibility index (Phi) is 7.53. The molecule has 0 atom stereocenters. The van der Waals surface area contributed by atoms with E-state index in [-0.39, 0.29) is 0 Å². The van der Waals surface area contributed by atoms with Crippen molar-refractivity contribution >= 4 is 22.6 Å². The number of allylic oxidation sites excluding steroid dienone is 1. The number of nitrogens with zero attached hydrogens (tertiary/aromatic N) is 2. The molecule has 4 aromatic rings. The number of imidazole rings is 1. The maximum atomic E-state index is 6.13. The average Bonchev–Trinajstić information content (AvgIpc) is 3.19. The summed E-state index contributed by atoms with van der Waals surface area (Å²) in [6, 6.07) is 21.5. The van der Waals surface area contributed by atoms with Gasteiger partial charge in [0.05, 0.1) is 24.8 Å². The summed E-state index contributed by atoms with van der Waals surface area (Å²) in [5.74, 6) is 3.06. The van der Waals surface area contributed by atoms with Crippen LogP contribution in [0.25, 0.3) is 11.0 Å². The minimum absolute atomic E-state index is 0.337. The predicted molar refractivity (Wildman–Crippen MR) is 133 cm³/mol. The summed E-state index contributed by atoms with van der Waals surface area (Å²) in [5.41, 5.74) is 3.15. The Morgan fingerprint density at radius 2 is 1.82 bits per heavy atom. The van der Waals surface area contributed by atoms with Crippen molar-refractivity contribution in [1.82, 2.24) is 9.55 Å². The second-order valence-corrected chi connectivity index (χ2v) is 8.03. The van der Waals surface area contributed by atoms with Crippen LogP contribution in [0.5, 0.6) is 17.2 Å². The van der Waals surface area contributed by atoms with Gasteiger partial charge in [-0.15, -0.1) is 6.58 Å². The molecular formula is C27H27ClN2O3. The molecule has 0 saturated carbocycles. The zero-order valence-corrected chi connectivity index (χ0v) is 19.4. The quantitative estimate of drug-likeness (QED) is 0.189. The SMILES string of the molecule is C=CCc1ccc(OCc2nc3ccccc3n2CCCOc2ccc(Cl)cc2)c(OC)c1. The summed E-state index contributed by atoms with van der Waals surface area (Å²) >= 11 is 5.94. The van der Waals surface area contributed by atoms with E-state index in [1.54, 1.807) is 7.11 Å². The third kappa shape index (κ3) is 5.68. The van der Waals surface area contributed by atoms with Crippen LogP contribution in [0.4, 0.5) is 0 Å². The van der Waals surface area contributed by atoms with Gasteiger partial charge in [0.1, 0.15) is 18.2 Å². The first-order chi connectivity index (χ1) is 16.2. The van der Waals surface area contributed by atoms with Gasteiger partial charge in [-0.05, 0) is 66.9 Å². The van der Waals surface area contributed by atoms with E-state index in [0.717, 1.165) is 47.6 Å². The smallest absolute Gasteiger partial charge is 0.161 e. The number of halogens is 1. The molecule has 0 amide bonds. The van der Waals surface area contributed by atoms with Gasteiger partial charge >= 0.3 is 0 Å². The van der Waals surface area contributed by atoms with Gasteiger partial charge in [-0.3, -0.25) is 0 Å². The summed E-state index contributed by atoms with van der Waals surface area (Å²) in [7, 11) is 1.65. The van der Waals surface area contributed by atoms with Gasteiger partial charge in [-0.1, -0.05) is 35.9 Å². The third-order valence-corrected chi connectivity index (χ3v) is 5.56. The fourth-order valence-electron chi connectivity index (χ4n) is 3.70. The Labute approximate surface area is 199 Å². The van der Waals surface area contributed by atoms with Gasteiger partial charge in [0, 0.05) is 11.6 Å². The van der Waals surface area contributed by atoms with Gasteiger partial charge in [-0.2, -0.15) is 0 Å². The molecule has 0 saturated heterocycles. The van der Waals surface area contributed by atoms with E-state index in [9.17, 15) is 0 Å². The molecule has 0 fully saturated rings. The van der Waals surface area contributed by atoms with Crippen LogP contribution in [0.1, 0.15) is 17.8 Å². The summed E-state index contributed by atoms with van der Waals surface area (Å²) in [6.45, 7) is 5.49. The van der Waals surface area contributed by atoms with Gasteiger partial charge in [0.25, 0.3) is 0 Å². The number of methoxy groups -OCH3 is 1. The van der Waals surface area contributed by atoms with Crippen LogP contribution in [0.2, 0.25) is 5.02 Å². The lowest BCUT2D eigenvalue weighted by Crippen LogP contribution is -2.10. The number of para-hydroxylation sites is 2. The fraction of sp³-hybridized carbons (Fsp3) is 0.222. The van der Waals surface area contributed by atoms with Crippen LogP contribution >= 0.6 is 11.6 Å². The van der Waals surface area contributed by atoms with Crippen LogP contribution in [-0.2, 0) is 19.6 Å². The van der Waals surface area contributed by atoms with Crippen molar-refractivity contribution < 1.29 is 14.2 Å². The number of rotatable bonds is 11. The Hall–Kier alpha value is -3.44. The van der Waals surface area contributed by atoms with E-state index in [2.05, 4.69) is 17.2 Å². The molecule has 170 valence electrons. The minimum atomic E-state index is 0.337. The highest BCUT2D eigenvalue weighted by atomic mass is 35.5. The number of aromatic nitrogens is 2. The standard InChI is InChI=1S/C27H27ClN2O3/c1-3-7-20-10-15-25(26(18-20)31-2)33-19-27-29-23-8-4-5-9-24(23)30(27)16-6-17-32-22-13-11-21(28)12-14-22/h3-5,8-15,18H,1,6-7,16-17,19H2,2H3. The molecule has 0 aliphatic rings. The lowest BCUT2D eigenvalue weighted by Gasteiger charge is -2.13. The van der Waals surface area contributed by atoms with Crippen LogP contribution < -0.4 is 14.2 Å². The molecule has 4 rings (SSSR count). The molecule has 0 N–H and O–H groups in total. The largest absolute Gasteiger partial charge is 0.494 e. The molecule has 1 aromatic heterocycles. The monoisotopic (exact) mass is 462 g/mol. The van der Waals surface area contributed by atoms with Crippen LogP contribution in [-0.4, -0.2) is 23.3 Å². The zero-order valence-electron chi connectivity index (χ0n) is 18.7. The number of ether oxygens (including phenoxy) is 3. The fourth-order valence-corrected chi connectivity index (χ4v) is 3.82. The van der Waals surface area contributed by atoms with E-state index < -0.39 is 0 Å². The normalized spacial score (nSPS) is 10.8. The predicted octanol–water partition coefficient (Wildman–Crippen LogP) is 6.47. The van der Waals surface area contributed by atoms with Crippen molar-refractivity contribution in [1.29, 1.82) is 0 Å². The van der Waals surface area contributed by atoms with E-state index in [1.807, 2.05) is 66.7 Å². The Morgan fingerprint density at radius 1 is 1.00 bits per heavy atom. The van der Waals surface area contributed by atoms with E-state index >= 15 is 0 Å². The third-order valence-electron chi connectivity index (χ3n) is 5.31. The van der Waals surface area contributed by atoms with Crippen molar-refractivity contribution in [3.63, 3.8) is 0 Å². The molecule has 33 heavy (non-hydrogen) atoms. The molecule has 1 heterocycles. The average molecular weight is 463 g/mol. The second kappa shape index (κ2) is 10.9. The highest BCUT2D eigenvalue weighted by Gasteiger charge is 2.13. The number of fused-ring (bicyclic) bond motifs is 1. The minimum Gasteiger partial charge on any atom is -0.494 e. The maximum Gasteiger partial charge on any atom is 0.161 e. The molecule has 3 aromatic carbocycles. The van der Waals surface area contributed by atoms with Crippen molar-refractivity contribution in [2.24, 2.45) is 0 Å². The van der Waals surface area contributed by atoms with Crippen LogP contribution in [0, 0.1) is 0 Å². The molecule has 6 heteroatoms. The molecule has 0 spiro atoms. The molecule has 0 unspecified atom stereocenters. The molecular weight excluding hydrogens is 436 g/mol. The topological polar surface area (TPSA) is 45.5 Å². The number of benzene rings is 3. The Morgan fingerprint density at radius 3 is 2.61 bits per heavy atom. The van der Waals surface area contributed by atoms with Crippen LogP contribution in [0.3, 0.4) is 0 Å². The number of aryl methyl sites for hydroxylation is 1. The summed E-state index contributed by atoms with van der Waals surface area (Å²) in [6.07, 6.45) is 3.48. The van der Waals surface area contributed by atoms with E-state index in [0.29, 0.717) is 29.7 Å². The molecule has 0 bridgehead atoms. The summed E-state index contributed by atoms with van der Waals surface area (Å²) in [5, 5.41) is 0.698. The summed E-state index contributed by atoms with van der Waals surface area (Å²) in [4.78, 5) is 4.81. The van der Waals surface area contributed by atoms with Gasteiger partial charge < -0.3 is 18.8 Å². The second-order valence-electron chi connectivity index (χ2n) is 7.59. The zero-order chi connectivity index (χ0) is 23.0. The van der Waals surface area contributed by atoms with Gasteiger partial charge in [0.15, 0.2) is 11.5 Å².